The molecule has 0 atom stereocenters. The predicted octanol–water partition coefficient (Wildman–Crippen LogP) is 0.292. The summed E-state index contributed by atoms with van der Waals surface area (Å²) in [7, 11) is 1.83. The highest BCUT2D eigenvalue weighted by Gasteiger charge is 2.33. The number of nitrogens with zero attached hydrogens (tertiary/aromatic N) is 3. The van der Waals surface area contributed by atoms with Gasteiger partial charge in [-0.05, 0) is 19.8 Å². The van der Waals surface area contributed by atoms with Gasteiger partial charge in [-0.1, -0.05) is 0 Å². The van der Waals surface area contributed by atoms with Crippen LogP contribution >= 0.6 is 0 Å². The maximum atomic E-state index is 12.3. The SMILES string of the molecule is Cc1nn(C)cc1C(=O)N(CCN)C1CC1. The van der Waals surface area contributed by atoms with Gasteiger partial charge in [-0.3, -0.25) is 9.48 Å². The highest BCUT2D eigenvalue weighted by atomic mass is 16.2. The van der Waals surface area contributed by atoms with Gasteiger partial charge in [-0.15, -0.1) is 0 Å². The van der Waals surface area contributed by atoms with Gasteiger partial charge in [-0.2, -0.15) is 5.10 Å². The van der Waals surface area contributed by atoms with Crippen LogP contribution in [0.4, 0.5) is 0 Å². The first-order valence-corrected chi connectivity index (χ1v) is 5.64. The molecule has 1 aromatic heterocycles. The number of aryl methyl sites for hydroxylation is 2. The van der Waals surface area contributed by atoms with Gasteiger partial charge in [0.2, 0.25) is 0 Å². The minimum Gasteiger partial charge on any atom is -0.334 e. The monoisotopic (exact) mass is 222 g/mol. The van der Waals surface area contributed by atoms with Crippen molar-refractivity contribution in [2.45, 2.75) is 25.8 Å². The van der Waals surface area contributed by atoms with Crippen LogP contribution in [-0.2, 0) is 7.05 Å². The maximum absolute atomic E-state index is 12.3. The summed E-state index contributed by atoms with van der Waals surface area (Å²) < 4.78 is 1.68. The summed E-state index contributed by atoms with van der Waals surface area (Å²) in [6, 6.07) is 0.399. The Balaban J connectivity index is 2.18. The van der Waals surface area contributed by atoms with Crippen molar-refractivity contribution in [2.75, 3.05) is 13.1 Å². The standard InChI is InChI=1S/C11H18N4O/c1-8-10(7-14(2)13-8)11(16)15(6-5-12)9-3-4-9/h7,9H,3-6,12H2,1-2H3. The number of amides is 1. The van der Waals surface area contributed by atoms with Gasteiger partial charge in [0.05, 0.1) is 11.3 Å². The minimum atomic E-state index is 0.0681. The molecule has 0 saturated heterocycles. The fraction of sp³-hybridized carbons (Fsp3) is 0.636. The van der Waals surface area contributed by atoms with E-state index in [4.69, 9.17) is 5.73 Å². The Bertz CT molecular complexity index is 395. The van der Waals surface area contributed by atoms with Gasteiger partial charge in [-0.25, -0.2) is 0 Å². The van der Waals surface area contributed by atoms with Crippen LogP contribution in [0.3, 0.4) is 0 Å². The van der Waals surface area contributed by atoms with Crippen LogP contribution in [0, 0.1) is 6.92 Å². The number of hydrogen-bond donors (Lipinski definition) is 1. The zero-order valence-corrected chi connectivity index (χ0v) is 9.81. The number of carbonyl (C=O) groups excluding carboxylic acids is 1. The van der Waals surface area contributed by atoms with E-state index in [2.05, 4.69) is 5.10 Å². The first-order valence-electron chi connectivity index (χ1n) is 5.64. The minimum absolute atomic E-state index is 0.0681. The lowest BCUT2D eigenvalue weighted by Gasteiger charge is -2.21. The summed E-state index contributed by atoms with van der Waals surface area (Å²) in [4.78, 5) is 14.1. The molecule has 1 heterocycles. The van der Waals surface area contributed by atoms with Crippen molar-refractivity contribution in [3.63, 3.8) is 0 Å². The van der Waals surface area contributed by atoms with E-state index in [0.717, 1.165) is 18.5 Å². The molecule has 2 N–H and O–H groups in total. The zero-order chi connectivity index (χ0) is 11.7. The van der Waals surface area contributed by atoms with Gasteiger partial charge in [0.25, 0.3) is 5.91 Å². The predicted molar refractivity (Wildman–Crippen MR) is 61.1 cm³/mol. The van der Waals surface area contributed by atoms with Crippen molar-refractivity contribution in [2.24, 2.45) is 12.8 Å². The average Bonchev–Trinajstić information content (AvgIpc) is 3.00. The molecule has 0 radical (unpaired) electrons. The Labute approximate surface area is 95.2 Å². The highest BCUT2D eigenvalue weighted by molar-refractivity contribution is 5.95. The number of nitrogens with two attached hydrogens (primary N) is 1. The number of hydrogen-bond acceptors (Lipinski definition) is 3. The summed E-state index contributed by atoms with van der Waals surface area (Å²) in [5.74, 6) is 0.0681. The quantitative estimate of drug-likeness (QED) is 0.796. The molecule has 1 aliphatic rings. The van der Waals surface area contributed by atoms with E-state index < -0.39 is 0 Å². The van der Waals surface area contributed by atoms with Gasteiger partial charge in [0.1, 0.15) is 0 Å². The number of aromatic nitrogens is 2. The molecule has 1 aromatic rings. The largest absolute Gasteiger partial charge is 0.334 e. The summed E-state index contributed by atoms with van der Waals surface area (Å²) in [5, 5.41) is 4.19. The van der Waals surface area contributed by atoms with Gasteiger partial charge >= 0.3 is 0 Å². The fourth-order valence-corrected chi connectivity index (χ4v) is 1.94. The van der Waals surface area contributed by atoms with Crippen molar-refractivity contribution < 1.29 is 4.79 Å². The first kappa shape index (κ1) is 11.1. The third-order valence-corrected chi connectivity index (χ3v) is 2.86. The zero-order valence-electron chi connectivity index (χ0n) is 9.81. The van der Waals surface area contributed by atoms with Crippen LogP contribution in [-0.4, -0.2) is 39.7 Å². The molecule has 0 unspecified atom stereocenters. The molecule has 5 heteroatoms. The van der Waals surface area contributed by atoms with Crippen molar-refractivity contribution in [3.8, 4) is 0 Å². The van der Waals surface area contributed by atoms with E-state index >= 15 is 0 Å². The summed E-state index contributed by atoms with van der Waals surface area (Å²) in [5.41, 5.74) is 7.02. The molecular weight excluding hydrogens is 204 g/mol. The fourth-order valence-electron chi connectivity index (χ4n) is 1.94. The topological polar surface area (TPSA) is 64.2 Å². The van der Waals surface area contributed by atoms with Crippen LogP contribution in [0.15, 0.2) is 6.20 Å². The van der Waals surface area contributed by atoms with Crippen LogP contribution in [0.25, 0.3) is 0 Å². The van der Waals surface area contributed by atoms with E-state index in [0.29, 0.717) is 24.7 Å². The van der Waals surface area contributed by atoms with Crippen LogP contribution in [0.2, 0.25) is 0 Å². The molecule has 0 aromatic carbocycles. The molecule has 1 saturated carbocycles. The maximum Gasteiger partial charge on any atom is 0.257 e. The van der Waals surface area contributed by atoms with E-state index in [1.54, 1.807) is 10.9 Å². The van der Waals surface area contributed by atoms with Crippen LogP contribution in [0.1, 0.15) is 28.9 Å². The Morgan fingerprint density at radius 3 is 2.81 bits per heavy atom. The third-order valence-electron chi connectivity index (χ3n) is 2.86. The molecule has 88 valence electrons. The second kappa shape index (κ2) is 4.25. The van der Waals surface area contributed by atoms with Gasteiger partial charge in [0, 0.05) is 32.4 Å². The number of carbonyl (C=O) groups is 1. The van der Waals surface area contributed by atoms with Crippen molar-refractivity contribution in [3.05, 3.63) is 17.5 Å². The summed E-state index contributed by atoms with van der Waals surface area (Å²) in [6.45, 7) is 3.01. The molecule has 0 aliphatic heterocycles. The smallest absolute Gasteiger partial charge is 0.257 e. The number of rotatable bonds is 4. The average molecular weight is 222 g/mol. The highest BCUT2D eigenvalue weighted by Crippen LogP contribution is 2.28. The Hall–Kier alpha value is -1.36. The van der Waals surface area contributed by atoms with Crippen molar-refractivity contribution in [1.29, 1.82) is 0 Å². The third kappa shape index (κ3) is 2.09. The van der Waals surface area contributed by atoms with Crippen molar-refractivity contribution >= 4 is 5.91 Å². The second-order valence-corrected chi connectivity index (χ2v) is 4.32. The molecule has 0 bridgehead atoms. The van der Waals surface area contributed by atoms with E-state index in [1.165, 1.54) is 0 Å². The lowest BCUT2D eigenvalue weighted by molar-refractivity contribution is 0.0747. The Morgan fingerprint density at radius 2 is 2.38 bits per heavy atom. The van der Waals surface area contributed by atoms with Crippen LogP contribution in [0.5, 0.6) is 0 Å². The van der Waals surface area contributed by atoms with Crippen LogP contribution < -0.4 is 5.73 Å². The molecule has 2 rings (SSSR count). The first-order chi connectivity index (χ1) is 7.63. The molecular formula is C11H18N4O. The Kier molecular flexibility index (Phi) is 2.96. The van der Waals surface area contributed by atoms with Gasteiger partial charge in [0.15, 0.2) is 0 Å². The Morgan fingerprint density at radius 1 is 1.69 bits per heavy atom. The summed E-state index contributed by atoms with van der Waals surface area (Å²) in [6.07, 6.45) is 3.99. The molecule has 1 fully saturated rings. The lowest BCUT2D eigenvalue weighted by atomic mass is 10.2. The molecule has 1 aliphatic carbocycles. The molecule has 1 amide bonds. The van der Waals surface area contributed by atoms with Crippen molar-refractivity contribution in [1.82, 2.24) is 14.7 Å². The van der Waals surface area contributed by atoms with E-state index in [1.807, 2.05) is 18.9 Å². The second-order valence-electron chi connectivity index (χ2n) is 4.32. The molecule has 16 heavy (non-hydrogen) atoms. The summed E-state index contributed by atoms with van der Waals surface area (Å²) >= 11 is 0. The van der Waals surface area contributed by atoms with E-state index in [-0.39, 0.29) is 5.91 Å². The lowest BCUT2D eigenvalue weighted by Crippen LogP contribution is -2.37. The molecule has 5 nitrogen and oxygen atoms in total. The molecule has 0 spiro atoms. The van der Waals surface area contributed by atoms with E-state index in [9.17, 15) is 4.79 Å². The normalized spacial score (nSPS) is 15.2. The van der Waals surface area contributed by atoms with Gasteiger partial charge < -0.3 is 10.6 Å².